The normalized spacial score (nSPS) is 36.3. The summed E-state index contributed by atoms with van der Waals surface area (Å²) < 4.78 is 6.47. The van der Waals surface area contributed by atoms with Crippen molar-refractivity contribution in [1.29, 1.82) is 0 Å². The van der Waals surface area contributed by atoms with Crippen LogP contribution in [0.2, 0.25) is 0 Å². The summed E-state index contributed by atoms with van der Waals surface area (Å²) in [7, 11) is 0. The van der Waals surface area contributed by atoms with Crippen LogP contribution in [0.1, 0.15) is 19.3 Å². The molecule has 0 unspecified atom stereocenters. The molecule has 0 saturated carbocycles. The van der Waals surface area contributed by atoms with E-state index in [2.05, 4.69) is 16.8 Å². The number of nitrogens with zero attached hydrogens (tertiary/aromatic N) is 1. The fourth-order valence-corrected chi connectivity index (χ4v) is 2.15. The minimum absolute atomic E-state index is 0.339. The molecular weight excluding hydrogens is 194 g/mol. The molecule has 5 heteroatoms. The second-order valence-electron chi connectivity index (χ2n) is 3.68. The molecule has 0 aromatic rings. The molecule has 0 aromatic carbocycles. The Kier molecular flexibility index (Phi) is 3.53. The molecular formula is C8H14ClNO3. The Balaban J connectivity index is 0.000000396. The molecule has 3 heterocycles. The molecule has 3 rings (SSSR count). The highest BCUT2D eigenvalue weighted by molar-refractivity contribution is 6.04. The first-order valence-electron chi connectivity index (χ1n) is 4.36. The number of halogens is 1. The second-order valence-corrected chi connectivity index (χ2v) is 3.68. The minimum atomic E-state index is -0.572. The van der Waals surface area contributed by atoms with Crippen molar-refractivity contribution in [1.82, 2.24) is 4.90 Å². The Bertz CT molecular complexity index is 176. The lowest BCUT2D eigenvalue weighted by Crippen LogP contribution is -2.51. The molecule has 3 fully saturated rings. The van der Waals surface area contributed by atoms with Gasteiger partial charge in [0.2, 0.25) is 0 Å². The van der Waals surface area contributed by atoms with Crippen LogP contribution in [-0.4, -0.2) is 40.3 Å². The van der Waals surface area contributed by atoms with Crippen LogP contribution in [0.25, 0.3) is 0 Å². The summed E-state index contributed by atoms with van der Waals surface area (Å²) in [6.45, 7) is 2.98. The van der Waals surface area contributed by atoms with Gasteiger partial charge in [0.15, 0.2) is 0 Å². The molecule has 3 aliphatic rings. The van der Waals surface area contributed by atoms with Crippen molar-refractivity contribution >= 4 is 17.8 Å². The lowest BCUT2D eigenvalue weighted by Gasteiger charge is -2.45. The molecule has 0 atom stereocenters. The molecule has 0 amide bonds. The van der Waals surface area contributed by atoms with Crippen molar-refractivity contribution < 1.29 is 14.6 Å². The largest absolute Gasteiger partial charge is 0.481 e. The van der Waals surface area contributed by atoms with Crippen LogP contribution in [0, 0.1) is 5.41 Å². The lowest BCUT2D eigenvalue weighted by molar-refractivity contribution is -0.156. The predicted molar refractivity (Wildman–Crippen MR) is 48.4 cm³/mol. The number of hydrogen-bond acceptors (Lipinski definition) is 3. The first-order valence-corrected chi connectivity index (χ1v) is 4.69. The highest BCUT2D eigenvalue weighted by atomic mass is 35.5. The van der Waals surface area contributed by atoms with Crippen LogP contribution in [0.5, 0.6) is 0 Å². The van der Waals surface area contributed by atoms with Crippen LogP contribution in [-0.2, 0) is 4.79 Å². The molecule has 0 aliphatic carbocycles. The molecule has 76 valence electrons. The standard InChI is InChI=1S/C8H13NO2.ClHO/c10-7(11)8-1-4-9(5-2-8)6-3-8;1-2/h1-6H2,(H,10,11);2H. The quantitative estimate of drug-likeness (QED) is 0.664. The van der Waals surface area contributed by atoms with Gasteiger partial charge >= 0.3 is 5.97 Å². The van der Waals surface area contributed by atoms with Crippen molar-refractivity contribution in [2.24, 2.45) is 5.41 Å². The third kappa shape index (κ3) is 1.95. The minimum Gasteiger partial charge on any atom is -0.481 e. The van der Waals surface area contributed by atoms with E-state index in [1.165, 1.54) is 0 Å². The number of fused-ring (bicyclic) bond motifs is 3. The number of piperidine rings is 3. The Morgan fingerprint density at radius 3 is 1.77 bits per heavy atom. The van der Waals surface area contributed by atoms with E-state index in [0.717, 1.165) is 38.9 Å². The van der Waals surface area contributed by atoms with Gasteiger partial charge in [-0.3, -0.25) is 9.45 Å². The summed E-state index contributed by atoms with van der Waals surface area (Å²) in [5, 5.41) is 8.99. The Hall–Kier alpha value is -0.320. The van der Waals surface area contributed by atoms with Gasteiger partial charge in [-0.05, 0) is 38.9 Å². The van der Waals surface area contributed by atoms with E-state index in [4.69, 9.17) is 9.77 Å². The summed E-state index contributed by atoms with van der Waals surface area (Å²) >= 11 is 3.64. The van der Waals surface area contributed by atoms with E-state index in [1.807, 2.05) is 0 Å². The summed E-state index contributed by atoms with van der Waals surface area (Å²) in [4.78, 5) is 13.3. The van der Waals surface area contributed by atoms with Crippen LogP contribution >= 0.6 is 11.9 Å². The molecule has 2 bridgehead atoms. The molecule has 3 aliphatic heterocycles. The third-order valence-electron chi connectivity index (χ3n) is 3.17. The molecule has 3 saturated heterocycles. The van der Waals surface area contributed by atoms with Crippen LogP contribution < -0.4 is 0 Å². The Morgan fingerprint density at radius 1 is 1.15 bits per heavy atom. The number of carboxylic acids is 1. The van der Waals surface area contributed by atoms with E-state index in [0.29, 0.717) is 0 Å². The fourth-order valence-electron chi connectivity index (χ4n) is 2.15. The zero-order valence-corrected chi connectivity index (χ0v) is 8.13. The van der Waals surface area contributed by atoms with Crippen molar-refractivity contribution in [3.05, 3.63) is 0 Å². The number of carbonyl (C=O) groups is 1. The SMILES string of the molecule is O=C(O)C12CCN(CC1)CC2.OCl. The number of hydrogen-bond donors (Lipinski definition) is 2. The highest BCUT2D eigenvalue weighted by Gasteiger charge is 2.45. The number of aliphatic carboxylic acids is 1. The number of rotatable bonds is 1. The molecule has 0 aromatic heterocycles. The first kappa shape index (κ1) is 10.8. The van der Waals surface area contributed by atoms with Gasteiger partial charge in [0.05, 0.1) is 17.3 Å². The summed E-state index contributed by atoms with van der Waals surface area (Å²) in [5.41, 5.74) is -0.339. The number of carboxylic acid groups (broad SMARTS) is 1. The highest BCUT2D eigenvalue weighted by Crippen LogP contribution is 2.39. The molecule has 4 nitrogen and oxygen atoms in total. The smallest absolute Gasteiger partial charge is 0.309 e. The fraction of sp³-hybridized carbons (Fsp3) is 0.875. The lowest BCUT2D eigenvalue weighted by atomic mass is 9.72. The van der Waals surface area contributed by atoms with Crippen molar-refractivity contribution in [3.8, 4) is 0 Å². The molecule has 2 N–H and O–H groups in total. The second kappa shape index (κ2) is 4.26. The predicted octanol–water partition coefficient (Wildman–Crippen LogP) is 0.689. The van der Waals surface area contributed by atoms with Crippen molar-refractivity contribution in [3.63, 3.8) is 0 Å². The summed E-state index contributed by atoms with van der Waals surface area (Å²) in [6.07, 6.45) is 2.59. The van der Waals surface area contributed by atoms with E-state index in [-0.39, 0.29) is 5.41 Å². The van der Waals surface area contributed by atoms with Crippen LogP contribution in [0.3, 0.4) is 0 Å². The van der Waals surface area contributed by atoms with E-state index in [1.54, 1.807) is 0 Å². The van der Waals surface area contributed by atoms with Gasteiger partial charge in [0.25, 0.3) is 0 Å². The van der Waals surface area contributed by atoms with Gasteiger partial charge in [0.1, 0.15) is 0 Å². The summed E-state index contributed by atoms with van der Waals surface area (Å²) in [6, 6.07) is 0. The van der Waals surface area contributed by atoms with E-state index >= 15 is 0 Å². The van der Waals surface area contributed by atoms with E-state index < -0.39 is 5.97 Å². The topological polar surface area (TPSA) is 60.8 Å². The van der Waals surface area contributed by atoms with Crippen molar-refractivity contribution in [2.75, 3.05) is 19.6 Å². The van der Waals surface area contributed by atoms with Gasteiger partial charge in [-0.15, -0.1) is 0 Å². The first-order chi connectivity index (χ1) is 6.23. The maximum Gasteiger partial charge on any atom is 0.309 e. The zero-order valence-electron chi connectivity index (χ0n) is 7.37. The zero-order chi connectivity index (χ0) is 9.90. The Morgan fingerprint density at radius 2 is 1.54 bits per heavy atom. The van der Waals surface area contributed by atoms with Gasteiger partial charge in [0, 0.05) is 0 Å². The summed E-state index contributed by atoms with van der Waals surface area (Å²) in [5.74, 6) is -0.572. The maximum absolute atomic E-state index is 10.9. The third-order valence-corrected chi connectivity index (χ3v) is 3.17. The van der Waals surface area contributed by atoms with Gasteiger partial charge in [-0.1, -0.05) is 0 Å². The molecule has 0 radical (unpaired) electrons. The van der Waals surface area contributed by atoms with Crippen LogP contribution in [0.15, 0.2) is 0 Å². The monoisotopic (exact) mass is 207 g/mol. The Labute approximate surface area is 82.3 Å². The average Bonchev–Trinajstić information content (AvgIpc) is 2.23. The van der Waals surface area contributed by atoms with Gasteiger partial charge in [-0.2, -0.15) is 0 Å². The average molecular weight is 208 g/mol. The maximum atomic E-state index is 10.9. The molecule has 13 heavy (non-hydrogen) atoms. The van der Waals surface area contributed by atoms with Crippen LogP contribution in [0.4, 0.5) is 0 Å². The van der Waals surface area contributed by atoms with Gasteiger partial charge < -0.3 is 10.0 Å². The van der Waals surface area contributed by atoms with Gasteiger partial charge in [-0.25, -0.2) is 0 Å². The van der Waals surface area contributed by atoms with Crippen molar-refractivity contribution in [2.45, 2.75) is 19.3 Å². The molecule has 0 spiro atoms. The van der Waals surface area contributed by atoms with E-state index in [9.17, 15) is 4.79 Å².